The quantitative estimate of drug-likeness (QED) is 0.553. The summed E-state index contributed by atoms with van der Waals surface area (Å²) >= 11 is 0. The van der Waals surface area contributed by atoms with Crippen molar-refractivity contribution in [1.29, 1.82) is 0 Å². The molecule has 1 aromatic heterocycles. The molecule has 10 heteroatoms. The molecule has 5 rings (SSSR count). The van der Waals surface area contributed by atoms with Crippen LogP contribution in [-0.2, 0) is 14.3 Å². The Morgan fingerprint density at radius 1 is 1.05 bits per heavy atom. The molecule has 1 saturated carbocycles. The molecule has 3 heterocycles. The van der Waals surface area contributed by atoms with Gasteiger partial charge in [0.25, 0.3) is 0 Å². The summed E-state index contributed by atoms with van der Waals surface area (Å²) in [5.74, 6) is -0.442. The lowest BCUT2D eigenvalue weighted by molar-refractivity contribution is -0.135. The van der Waals surface area contributed by atoms with Gasteiger partial charge in [-0.05, 0) is 108 Å². The Morgan fingerprint density at radius 2 is 1.77 bits per heavy atom. The molecule has 3 amide bonds. The van der Waals surface area contributed by atoms with Crippen molar-refractivity contribution in [3.63, 3.8) is 0 Å². The van der Waals surface area contributed by atoms with Crippen molar-refractivity contribution in [2.45, 2.75) is 95.7 Å². The third kappa shape index (κ3) is 6.37. The normalized spacial score (nSPS) is 25.5. The minimum Gasteiger partial charge on any atom is -0.444 e. The van der Waals surface area contributed by atoms with Crippen molar-refractivity contribution in [1.82, 2.24) is 20.1 Å². The Labute approximate surface area is 228 Å². The van der Waals surface area contributed by atoms with Gasteiger partial charge in [0.15, 0.2) is 5.58 Å². The van der Waals surface area contributed by atoms with Gasteiger partial charge in [-0.15, -0.1) is 0 Å². The largest absolute Gasteiger partial charge is 0.444 e. The van der Waals surface area contributed by atoms with Crippen LogP contribution in [0.1, 0.15) is 89.7 Å². The smallest absolute Gasteiger partial charge is 0.420 e. The molecule has 3 fully saturated rings. The number of alkyl carbamates (subject to hydrolysis) is 1. The van der Waals surface area contributed by atoms with Crippen molar-refractivity contribution in [3.8, 4) is 0 Å². The molecule has 2 saturated heterocycles. The maximum atomic E-state index is 12.6. The molecule has 1 aliphatic carbocycles. The van der Waals surface area contributed by atoms with Gasteiger partial charge in [-0.2, -0.15) is 0 Å². The Morgan fingerprint density at radius 3 is 2.44 bits per heavy atom. The van der Waals surface area contributed by atoms with Crippen LogP contribution in [0.25, 0.3) is 11.1 Å². The number of imide groups is 1. The molecule has 39 heavy (non-hydrogen) atoms. The summed E-state index contributed by atoms with van der Waals surface area (Å²) in [7, 11) is 0. The first-order chi connectivity index (χ1) is 18.6. The van der Waals surface area contributed by atoms with Gasteiger partial charge in [0, 0.05) is 19.0 Å². The van der Waals surface area contributed by atoms with E-state index in [0.29, 0.717) is 41.9 Å². The maximum absolute atomic E-state index is 12.6. The molecule has 0 spiro atoms. The molecular formula is C29H40N4O6. The summed E-state index contributed by atoms with van der Waals surface area (Å²) in [6.45, 7) is 8.37. The minimum absolute atomic E-state index is 0.205. The van der Waals surface area contributed by atoms with E-state index in [2.05, 4.69) is 15.5 Å². The van der Waals surface area contributed by atoms with E-state index >= 15 is 0 Å². The topological polar surface area (TPSA) is 123 Å². The first-order valence-electron chi connectivity index (χ1n) is 14.3. The zero-order valence-corrected chi connectivity index (χ0v) is 23.2. The van der Waals surface area contributed by atoms with Crippen molar-refractivity contribution >= 4 is 29.0 Å². The third-order valence-electron chi connectivity index (χ3n) is 8.43. The number of aromatic nitrogens is 1. The summed E-state index contributed by atoms with van der Waals surface area (Å²) in [5.41, 5.74) is 1.76. The molecule has 1 aromatic carbocycles. The van der Waals surface area contributed by atoms with Crippen LogP contribution >= 0.6 is 0 Å². The third-order valence-corrected chi connectivity index (χ3v) is 8.43. The van der Waals surface area contributed by atoms with Crippen LogP contribution in [0, 0.1) is 5.92 Å². The molecule has 1 atom stereocenters. The molecule has 3 aliphatic rings. The SMILES string of the molecule is CC(C)(C)OC(=O)NCC1CCC(N2CCC(c3ccc4c(c3)oc(=O)n4C3CCC(=O)NC3=O)CC2)CC1. The molecule has 2 aliphatic heterocycles. The first kappa shape index (κ1) is 27.4. The van der Waals surface area contributed by atoms with Gasteiger partial charge >= 0.3 is 11.8 Å². The van der Waals surface area contributed by atoms with E-state index in [9.17, 15) is 19.2 Å². The summed E-state index contributed by atoms with van der Waals surface area (Å²) in [4.78, 5) is 51.0. The number of nitrogens with zero attached hydrogens (tertiary/aromatic N) is 2. The standard InChI is InChI=1S/C29H40N4O6/c1-29(2,3)39-27(36)30-17-18-4-7-21(8-5-18)32-14-12-19(13-15-32)20-6-9-22-24(16-20)38-28(37)33(22)23-10-11-25(34)31-26(23)35/h6,9,16,18-19,21,23H,4-5,7-8,10-15,17H2,1-3H3,(H,30,36)(H,31,34,35). The number of hydrogen-bond acceptors (Lipinski definition) is 7. The number of piperidine rings is 2. The lowest BCUT2D eigenvalue weighted by Crippen LogP contribution is -2.44. The fourth-order valence-electron chi connectivity index (χ4n) is 6.38. The predicted molar refractivity (Wildman–Crippen MR) is 145 cm³/mol. The van der Waals surface area contributed by atoms with E-state index in [1.807, 2.05) is 39.0 Å². The van der Waals surface area contributed by atoms with Crippen LogP contribution in [-0.4, -0.2) is 58.7 Å². The minimum atomic E-state index is -0.728. The van der Waals surface area contributed by atoms with Crippen LogP contribution in [0.15, 0.2) is 27.4 Å². The highest BCUT2D eigenvalue weighted by Crippen LogP contribution is 2.35. The Kier molecular flexibility index (Phi) is 7.84. The monoisotopic (exact) mass is 540 g/mol. The number of oxazole rings is 1. The summed E-state index contributed by atoms with van der Waals surface area (Å²) in [6.07, 6.45) is 6.77. The van der Waals surface area contributed by atoms with Crippen molar-refractivity contribution < 1.29 is 23.5 Å². The lowest BCUT2D eigenvalue weighted by atomic mass is 9.83. The average molecular weight is 541 g/mol. The average Bonchev–Trinajstić information content (AvgIpc) is 3.22. The zero-order chi connectivity index (χ0) is 27.7. The van der Waals surface area contributed by atoms with Gasteiger partial charge < -0.3 is 19.4 Å². The molecule has 2 aromatic rings. The number of nitrogens with one attached hydrogen (secondary N) is 2. The van der Waals surface area contributed by atoms with Crippen molar-refractivity contribution in [2.24, 2.45) is 5.92 Å². The molecule has 0 radical (unpaired) electrons. The van der Waals surface area contributed by atoms with E-state index in [-0.39, 0.29) is 18.4 Å². The van der Waals surface area contributed by atoms with E-state index in [1.165, 1.54) is 4.57 Å². The molecule has 212 valence electrons. The lowest BCUT2D eigenvalue weighted by Gasteiger charge is -2.41. The molecule has 0 bridgehead atoms. The number of ether oxygens (including phenoxy) is 1. The zero-order valence-electron chi connectivity index (χ0n) is 23.2. The van der Waals surface area contributed by atoms with Crippen LogP contribution in [0.2, 0.25) is 0 Å². The highest BCUT2D eigenvalue weighted by molar-refractivity contribution is 6.00. The first-order valence-corrected chi connectivity index (χ1v) is 14.3. The van der Waals surface area contributed by atoms with Crippen molar-refractivity contribution in [2.75, 3.05) is 19.6 Å². The summed E-state index contributed by atoms with van der Waals surface area (Å²) < 4.78 is 12.3. The highest BCUT2D eigenvalue weighted by Gasteiger charge is 2.33. The van der Waals surface area contributed by atoms with Crippen LogP contribution in [0.3, 0.4) is 0 Å². The number of rotatable bonds is 5. The molecule has 2 N–H and O–H groups in total. The fourth-order valence-corrected chi connectivity index (χ4v) is 6.38. The van der Waals surface area contributed by atoms with Gasteiger partial charge in [0.2, 0.25) is 11.8 Å². The van der Waals surface area contributed by atoms with Gasteiger partial charge in [-0.3, -0.25) is 19.5 Å². The van der Waals surface area contributed by atoms with Gasteiger partial charge in [0.1, 0.15) is 11.6 Å². The van der Waals surface area contributed by atoms with Crippen molar-refractivity contribution in [3.05, 3.63) is 34.3 Å². The number of carbonyl (C=O) groups is 3. The van der Waals surface area contributed by atoms with Crippen LogP contribution in [0.4, 0.5) is 4.79 Å². The second kappa shape index (κ2) is 11.2. The Balaban J connectivity index is 1.13. The van der Waals surface area contributed by atoms with Gasteiger partial charge in [-0.25, -0.2) is 9.59 Å². The highest BCUT2D eigenvalue weighted by atomic mass is 16.6. The van der Waals surface area contributed by atoms with Gasteiger partial charge in [-0.1, -0.05) is 6.07 Å². The Bertz CT molecular complexity index is 1270. The van der Waals surface area contributed by atoms with E-state index in [1.54, 1.807) is 0 Å². The number of fused-ring (bicyclic) bond motifs is 1. The predicted octanol–water partition coefficient (Wildman–Crippen LogP) is 3.84. The van der Waals surface area contributed by atoms with E-state index in [4.69, 9.17) is 9.15 Å². The second-order valence-corrected chi connectivity index (χ2v) is 12.3. The van der Waals surface area contributed by atoms with Crippen LogP contribution < -0.4 is 16.4 Å². The number of likely N-dealkylation sites (tertiary alicyclic amines) is 1. The van der Waals surface area contributed by atoms with Crippen LogP contribution in [0.5, 0.6) is 0 Å². The fraction of sp³-hybridized carbons (Fsp3) is 0.655. The number of hydrogen-bond donors (Lipinski definition) is 2. The Hall–Kier alpha value is -3.14. The van der Waals surface area contributed by atoms with E-state index in [0.717, 1.165) is 57.2 Å². The van der Waals surface area contributed by atoms with E-state index < -0.39 is 23.3 Å². The second-order valence-electron chi connectivity index (χ2n) is 12.3. The maximum Gasteiger partial charge on any atom is 0.420 e. The molecule has 10 nitrogen and oxygen atoms in total. The summed E-state index contributed by atoms with van der Waals surface area (Å²) in [6, 6.07) is 5.73. The molecular weight excluding hydrogens is 500 g/mol. The number of amides is 3. The summed E-state index contributed by atoms with van der Waals surface area (Å²) in [5, 5.41) is 5.25. The number of benzene rings is 1. The number of carbonyl (C=O) groups excluding carboxylic acids is 3. The van der Waals surface area contributed by atoms with Gasteiger partial charge in [0.05, 0.1) is 5.52 Å². The molecule has 1 unspecified atom stereocenters.